The molecule has 1 aromatic rings. The zero-order valence-corrected chi connectivity index (χ0v) is 13.6. The first-order valence-electron chi connectivity index (χ1n) is 8.05. The van der Waals surface area contributed by atoms with E-state index < -0.39 is 11.5 Å². The monoisotopic (exact) mass is 330 g/mol. The van der Waals surface area contributed by atoms with Gasteiger partial charge < -0.3 is 10.1 Å². The molecule has 0 heterocycles. The highest BCUT2D eigenvalue weighted by Crippen LogP contribution is 2.68. The van der Waals surface area contributed by atoms with E-state index in [1.54, 1.807) is 19.1 Å². The molecule has 2 saturated carbocycles. The second-order valence-electron chi connectivity index (χ2n) is 6.51. The van der Waals surface area contributed by atoms with Gasteiger partial charge in [0.2, 0.25) is 5.91 Å². The fraction of sp³-hybridized carbons (Fsp3) is 0.500. The van der Waals surface area contributed by atoms with Gasteiger partial charge in [0.05, 0.1) is 18.6 Å². The first-order valence-corrected chi connectivity index (χ1v) is 8.05. The predicted octanol–water partition coefficient (Wildman–Crippen LogP) is 2.14. The molecule has 2 aliphatic carbocycles. The van der Waals surface area contributed by atoms with Crippen molar-refractivity contribution in [2.75, 3.05) is 6.61 Å². The second kappa shape index (κ2) is 5.90. The van der Waals surface area contributed by atoms with Gasteiger partial charge in [0.25, 0.3) is 0 Å². The summed E-state index contributed by atoms with van der Waals surface area (Å²) >= 11 is 0. The van der Waals surface area contributed by atoms with Gasteiger partial charge in [0.1, 0.15) is 11.4 Å². The van der Waals surface area contributed by atoms with Crippen LogP contribution in [-0.2, 0) is 14.3 Å². The van der Waals surface area contributed by atoms with E-state index in [0.29, 0.717) is 6.42 Å². The van der Waals surface area contributed by atoms with Crippen LogP contribution in [0.3, 0.4) is 0 Å². The van der Waals surface area contributed by atoms with Crippen LogP contribution in [0, 0.1) is 34.9 Å². The van der Waals surface area contributed by atoms with Gasteiger partial charge in [-0.05, 0) is 42.9 Å². The largest absolute Gasteiger partial charge is 0.466 e. The average molecular weight is 330 g/mol. The Bertz CT molecular complexity index is 712. The predicted molar refractivity (Wildman–Crippen MR) is 83.0 cm³/mol. The van der Waals surface area contributed by atoms with Crippen LogP contribution in [0.25, 0.3) is 0 Å². The molecule has 1 N–H and O–H groups in total. The quantitative estimate of drug-likeness (QED) is 0.858. The van der Waals surface area contributed by atoms with Gasteiger partial charge in [-0.25, -0.2) is 4.39 Å². The van der Waals surface area contributed by atoms with E-state index in [1.165, 1.54) is 19.1 Å². The molecule has 5 atom stereocenters. The number of ether oxygens (including phenoxy) is 1. The molecule has 0 aromatic heterocycles. The lowest BCUT2D eigenvalue weighted by Gasteiger charge is -2.27. The number of nitriles is 1. The standard InChI is InChI=1S/C18H19FN2O3/c1-3-24-17(23)15-14-13(11-4-6-12(19)7-5-11)8-18(9-20,16(14)15)21-10(2)22/h4-7,13-16H,3,8H2,1-2H3,(H,21,22). The van der Waals surface area contributed by atoms with Crippen LogP contribution in [0.2, 0.25) is 0 Å². The Morgan fingerprint density at radius 1 is 1.42 bits per heavy atom. The molecule has 0 saturated heterocycles. The van der Waals surface area contributed by atoms with Gasteiger partial charge in [-0.1, -0.05) is 12.1 Å². The minimum absolute atomic E-state index is 0.0685. The van der Waals surface area contributed by atoms with E-state index >= 15 is 0 Å². The van der Waals surface area contributed by atoms with Crippen molar-refractivity contribution in [3.8, 4) is 6.07 Å². The maximum absolute atomic E-state index is 13.2. The summed E-state index contributed by atoms with van der Waals surface area (Å²) in [6.45, 7) is 3.37. The highest BCUT2D eigenvalue weighted by Gasteiger charge is 2.73. The van der Waals surface area contributed by atoms with E-state index in [9.17, 15) is 19.2 Å². The van der Waals surface area contributed by atoms with Crippen molar-refractivity contribution in [1.82, 2.24) is 5.32 Å². The van der Waals surface area contributed by atoms with Crippen LogP contribution in [0.5, 0.6) is 0 Å². The lowest BCUT2D eigenvalue weighted by molar-refractivity contribution is -0.146. The summed E-state index contributed by atoms with van der Waals surface area (Å²) < 4.78 is 18.3. The van der Waals surface area contributed by atoms with Gasteiger partial charge in [0.15, 0.2) is 0 Å². The number of hydrogen-bond acceptors (Lipinski definition) is 4. The van der Waals surface area contributed by atoms with E-state index in [1.807, 2.05) is 0 Å². The molecule has 5 unspecified atom stereocenters. The van der Waals surface area contributed by atoms with E-state index in [0.717, 1.165) is 5.56 Å². The number of carbonyl (C=O) groups excluding carboxylic acids is 2. The van der Waals surface area contributed by atoms with Gasteiger partial charge in [0, 0.05) is 12.8 Å². The third kappa shape index (κ3) is 2.54. The van der Waals surface area contributed by atoms with Gasteiger partial charge >= 0.3 is 5.97 Å². The molecule has 3 rings (SSSR count). The van der Waals surface area contributed by atoms with E-state index in [-0.39, 0.29) is 42.1 Å². The molecule has 1 amide bonds. The summed E-state index contributed by atoms with van der Waals surface area (Å²) in [6.07, 6.45) is 0.417. The van der Waals surface area contributed by atoms with E-state index in [2.05, 4.69) is 11.4 Å². The van der Waals surface area contributed by atoms with E-state index in [4.69, 9.17) is 4.74 Å². The first kappa shape index (κ1) is 16.4. The molecule has 2 fully saturated rings. The Labute approximate surface area is 139 Å². The van der Waals surface area contributed by atoms with Crippen LogP contribution in [0.1, 0.15) is 31.7 Å². The molecular formula is C18H19FN2O3. The van der Waals surface area contributed by atoms with Crippen LogP contribution >= 0.6 is 0 Å². The normalized spacial score (nSPS) is 33.2. The number of fused-ring (bicyclic) bond motifs is 1. The molecule has 0 spiro atoms. The van der Waals surface area contributed by atoms with Gasteiger partial charge in [-0.2, -0.15) is 5.26 Å². The summed E-state index contributed by atoms with van der Waals surface area (Å²) in [5, 5.41) is 12.5. The number of carbonyl (C=O) groups is 2. The molecule has 0 bridgehead atoms. The minimum Gasteiger partial charge on any atom is -0.466 e. The molecular weight excluding hydrogens is 311 g/mol. The Balaban J connectivity index is 1.94. The topological polar surface area (TPSA) is 79.2 Å². The zero-order chi connectivity index (χ0) is 17.5. The average Bonchev–Trinajstić information content (AvgIpc) is 3.21. The van der Waals surface area contributed by atoms with Crippen molar-refractivity contribution in [2.45, 2.75) is 31.7 Å². The fourth-order valence-corrected chi connectivity index (χ4v) is 4.28. The Hall–Kier alpha value is -2.42. The molecule has 2 aliphatic rings. The number of esters is 1. The van der Waals surface area contributed by atoms with Crippen LogP contribution < -0.4 is 5.32 Å². The number of halogens is 1. The summed E-state index contributed by atoms with van der Waals surface area (Å²) in [5.74, 6) is -1.79. The van der Waals surface area contributed by atoms with Crippen molar-refractivity contribution in [1.29, 1.82) is 5.26 Å². The maximum atomic E-state index is 13.2. The second-order valence-corrected chi connectivity index (χ2v) is 6.51. The van der Waals surface area contributed by atoms with Crippen LogP contribution in [-0.4, -0.2) is 24.0 Å². The van der Waals surface area contributed by atoms with Crippen LogP contribution in [0.15, 0.2) is 24.3 Å². The van der Waals surface area contributed by atoms with Gasteiger partial charge in [-0.15, -0.1) is 0 Å². The molecule has 5 nitrogen and oxygen atoms in total. The highest BCUT2D eigenvalue weighted by atomic mass is 19.1. The summed E-state index contributed by atoms with van der Waals surface area (Å²) in [5.41, 5.74) is -0.201. The van der Waals surface area contributed by atoms with Crippen molar-refractivity contribution in [3.05, 3.63) is 35.6 Å². The van der Waals surface area contributed by atoms with Crippen molar-refractivity contribution < 1.29 is 18.7 Å². The zero-order valence-electron chi connectivity index (χ0n) is 13.6. The minimum atomic E-state index is -1.08. The molecule has 1 aromatic carbocycles. The highest BCUT2D eigenvalue weighted by molar-refractivity contribution is 5.80. The molecule has 126 valence electrons. The van der Waals surface area contributed by atoms with Crippen molar-refractivity contribution in [2.24, 2.45) is 17.8 Å². The molecule has 0 radical (unpaired) electrons. The van der Waals surface area contributed by atoms with Gasteiger partial charge in [-0.3, -0.25) is 9.59 Å². The lowest BCUT2D eigenvalue weighted by Crippen LogP contribution is -2.48. The smallest absolute Gasteiger partial charge is 0.309 e. The SMILES string of the molecule is CCOC(=O)C1C2C(c3ccc(F)cc3)CC(C#N)(NC(C)=O)C12. The Morgan fingerprint density at radius 3 is 2.62 bits per heavy atom. The summed E-state index contributed by atoms with van der Waals surface area (Å²) in [7, 11) is 0. The van der Waals surface area contributed by atoms with Crippen molar-refractivity contribution in [3.63, 3.8) is 0 Å². The summed E-state index contributed by atoms with van der Waals surface area (Å²) in [6, 6.07) is 8.33. The Morgan fingerprint density at radius 2 is 2.08 bits per heavy atom. The third-order valence-electron chi connectivity index (χ3n) is 5.11. The molecule has 0 aliphatic heterocycles. The number of hydrogen-bond donors (Lipinski definition) is 1. The van der Waals surface area contributed by atoms with Crippen LogP contribution in [0.4, 0.5) is 4.39 Å². The number of benzene rings is 1. The first-order chi connectivity index (χ1) is 11.4. The number of nitrogens with one attached hydrogen (secondary N) is 1. The lowest BCUT2D eigenvalue weighted by atomic mass is 9.84. The fourth-order valence-electron chi connectivity index (χ4n) is 4.28. The maximum Gasteiger partial charge on any atom is 0.309 e. The summed E-state index contributed by atoms with van der Waals surface area (Å²) in [4.78, 5) is 23.8. The number of amides is 1. The third-order valence-corrected chi connectivity index (χ3v) is 5.11. The van der Waals surface area contributed by atoms with Crippen molar-refractivity contribution >= 4 is 11.9 Å². The molecule has 6 heteroatoms. The Kier molecular flexibility index (Phi) is 4.04. The number of rotatable bonds is 4. The molecule has 24 heavy (non-hydrogen) atoms. The number of nitrogens with zero attached hydrogens (tertiary/aromatic N) is 1.